The van der Waals surface area contributed by atoms with Gasteiger partial charge in [0.25, 0.3) is 0 Å². The minimum absolute atomic E-state index is 0.0864. The Bertz CT molecular complexity index is 1370. The lowest BCUT2D eigenvalue weighted by atomic mass is 9.92. The molecule has 1 saturated heterocycles. The van der Waals surface area contributed by atoms with Crippen LogP contribution in [0.25, 0.3) is 10.9 Å². The van der Waals surface area contributed by atoms with E-state index in [0.717, 1.165) is 61.4 Å². The number of para-hydroxylation sites is 1. The monoisotopic (exact) mass is 509 g/mol. The Balaban J connectivity index is 1.33. The van der Waals surface area contributed by atoms with Crippen molar-refractivity contribution in [2.24, 2.45) is 0 Å². The van der Waals surface area contributed by atoms with Gasteiger partial charge >= 0.3 is 0 Å². The number of ether oxygens (including phenoxy) is 2. The molecule has 0 saturated carbocycles. The number of fused-ring (bicyclic) bond motifs is 3. The van der Waals surface area contributed by atoms with E-state index in [1.165, 1.54) is 22.3 Å². The summed E-state index contributed by atoms with van der Waals surface area (Å²) in [4.78, 5) is 9.86. The van der Waals surface area contributed by atoms with Crippen molar-refractivity contribution in [1.82, 2.24) is 9.88 Å². The Morgan fingerprint density at radius 3 is 2.13 bits per heavy atom. The van der Waals surface area contributed by atoms with Crippen molar-refractivity contribution in [3.05, 3.63) is 95.1 Å². The number of aliphatic hydroxyl groups excluding tert-OH is 1. The molecular formula is C32H35N3O3. The lowest BCUT2D eigenvalue weighted by Gasteiger charge is -2.41. The normalized spacial score (nSPS) is 16.1. The summed E-state index contributed by atoms with van der Waals surface area (Å²) < 4.78 is 12.1. The van der Waals surface area contributed by atoms with Crippen molar-refractivity contribution in [2.45, 2.75) is 25.3 Å². The molecule has 0 atom stereocenters. The number of aromatic nitrogens is 1. The fourth-order valence-corrected chi connectivity index (χ4v) is 6.06. The van der Waals surface area contributed by atoms with Crippen molar-refractivity contribution in [3.63, 3.8) is 0 Å². The summed E-state index contributed by atoms with van der Waals surface area (Å²) >= 11 is 0. The van der Waals surface area contributed by atoms with Gasteiger partial charge in [0.2, 0.25) is 5.88 Å². The zero-order valence-electron chi connectivity index (χ0n) is 22.0. The first-order valence-electron chi connectivity index (χ1n) is 13.6. The van der Waals surface area contributed by atoms with Crippen LogP contribution in [0.4, 0.5) is 5.69 Å². The van der Waals surface area contributed by atoms with E-state index in [9.17, 15) is 5.11 Å². The number of hydrogen-bond donors (Lipinski definition) is 1. The predicted molar refractivity (Wildman–Crippen MR) is 151 cm³/mol. The smallest absolute Gasteiger partial charge is 0.242 e. The predicted octanol–water partition coefficient (Wildman–Crippen LogP) is 5.01. The number of methoxy groups -OCH3 is 1. The van der Waals surface area contributed by atoms with Crippen molar-refractivity contribution >= 4 is 16.6 Å². The SMILES string of the molecule is COc1c(N2CCN(C3c4ccccc4CCc4ccccc43)CC2)c(OCCCO)nc2ccccc12. The maximum Gasteiger partial charge on any atom is 0.242 e. The van der Waals surface area contributed by atoms with E-state index < -0.39 is 0 Å². The van der Waals surface area contributed by atoms with Crippen molar-refractivity contribution < 1.29 is 14.6 Å². The standard InChI is InChI=1S/C32H35N3O3/c1-37-31-27-13-6-7-14-28(27)33-32(38-22-8-21-36)30(31)35-19-17-34(18-20-35)29-25-11-4-2-9-23(25)15-16-24-10-3-5-12-26(24)29/h2-7,9-14,29,36H,8,15-22H2,1H3. The molecule has 0 unspecified atom stereocenters. The molecule has 2 heterocycles. The molecule has 0 amide bonds. The zero-order chi connectivity index (χ0) is 25.9. The Kier molecular flexibility index (Phi) is 7.16. The maximum absolute atomic E-state index is 9.31. The molecule has 6 nitrogen and oxygen atoms in total. The minimum Gasteiger partial charge on any atom is -0.494 e. The van der Waals surface area contributed by atoms with E-state index in [-0.39, 0.29) is 12.6 Å². The number of anilines is 1. The molecule has 1 fully saturated rings. The second kappa shape index (κ2) is 11.0. The van der Waals surface area contributed by atoms with Crippen LogP contribution in [0.3, 0.4) is 0 Å². The maximum atomic E-state index is 9.31. The number of hydrogen-bond acceptors (Lipinski definition) is 6. The van der Waals surface area contributed by atoms with Crippen LogP contribution in [0.1, 0.15) is 34.7 Å². The van der Waals surface area contributed by atoms with Gasteiger partial charge in [0.05, 0.1) is 25.3 Å². The van der Waals surface area contributed by atoms with Gasteiger partial charge in [0.1, 0.15) is 5.69 Å². The fraction of sp³-hybridized carbons (Fsp3) is 0.344. The Morgan fingerprint density at radius 1 is 0.842 bits per heavy atom. The van der Waals surface area contributed by atoms with Crippen LogP contribution in [0, 0.1) is 0 Å². The number of rotatable bonds is 7. The molecule has 1 aromatic heterocycles. The molecule has 2 aliphatic rings. The molecule has 0 radical (unpaired) electrons. The number of benzene rings is 3. The van der Waals surface area contributed by atoms with Gasteiger partial charge < -0.3 is 19.5 Å². The Labute approximate surface area is 224 Å². The fourth-order valence-electron chi connectivity index (χ4n) is 6.06. The van der Waals surface area contributed by atoms with E-state index >= 15 is 0 Å². The van der Waals surface area contributed by atoms with Gasteiger partial charge in [-0.1, -0.05) is 60.7 Å². The lowest BCUT2D eigenvalue weighted by molar-refractivity contribution is 0.208. The van der Waals surface area contributed by atoms with E-state index in [1.54, 1.807) is 7.11 Å². The summed E-state index contributed by atoms with van der Waals surface area (Å²) in [6.07, 6.45) is 2.72. The summed E-state index contributed by atoms with van der Waals surface area (Å²) in [6.45, 7) is 4.01. The third kappa shape index (κ3) is 4.59. The first-order valence-corrected chi connectivity index (χ1v) is 13.6. The van der Waals surface area contributed by atoms with Crippen LogP contribution in [-0.2, 0) is 12.8 Å². The summed E-state index contributed by atoms with van der Waals surface area (Å²) in [5, 5.41) is 10.3. The largest absolute Gasteiger partial charge is 0.494 e. The Morgan fingerprint density at radius 2 is 1.47 bits per heavy atom. The zero-order valence-corrected chi connectivity index (χ0v) is 22.0. The van der Waals surface area contributed by atoms with Gasteiger partial charge in [-0.3, -0.25) is 4.90 Å². The van der Waals surface area contributed by atoms with Gasteiger partial charge in [0.15, 0.2) is 5.75 Å². The highest BCUT2D eigenvalue weighted by Crippen LogP contribution is 2.43. The molecule has 6 heteroatoms. The summed E-state index contributed by atoms with van der Waals surface area (Å²) in [6, 6.07) is 26.2. The number of piperazine rings is 1. The second-order valence-electron chi connectivity index (χ2n) is 10.1. The average Bonchev–Trinajstić information content (AvgIpc) is 3.14. The quantitative estimate of drug-likeness (QED) is 0.353. The molecule has 1 aliphatic heterocycles. The number of aryl methyl sites for hydroxylation is 2. The van der Waals surface area contributed by atoms with Crippen LogP contribution in [0.2, 0.25) is 0 Å². The molecule has 0 spiro atoms. The van der Waals surface area contributed by atoms with Crippen molar-refractivity contribution in [3.8, 4) is 11.6 Å². The summed E-state index contributed by atoms with van der Waals surface area (Å²) in [5.74, 6) is 1.38. The highest BCUT2D eigenvalue weighted by Gasteiger charge is 2.33. The highest BCUT2D eigenvalue weighted by atomic mass is 16.5. The van der Waals surface area contributed by atoms with E-state index in [2.05, 4.69) is 64.4 Å². The van der Waals surface area contributed by atoms with Gasteiger partial charge in [-0.15, -0.1) is 0 Å². The van der Waals surface area contributed by atoms with Gasteiger partial charge in [-0.25, -0.2) is 4.98 Å². The van der Waals surface area contributed by atoms with Crippen LogP contribution in [0.5, 0.6) is 11.6 Å². The van der Waals surface area contributed by atoms with Crippen molar-refractivity contribution in [1.29, 1.82) is 0 Å². The Hall–Kier alpha value is -3.61. The van der Waals surface area contributed by atoms with Crippen LogP contribution in [0.15, 0.2) is 72.8 Å². The topological polar surface area (TPSA) is 58.1 Å². The number of pyridine rings is 1. The lowest BCUT2D eigenvalue weighted by Crippen LogP contribution is -2.48. The van der Waals surface area contributed by atoms with E-state index in [1.807, 2.05) is 18.2 Å². The first-order chi connectivity index (χ1) is 18.8. The molecule has 0 bridgehead atoms. The van der Waals surface area contributed by atoms with Gasteiger partial charge in [-0.2, -0.15) is 0 Å². The second-order valence-corrected chi connectivity index (χ2v) is 10.1. The minimum atomic E-state index is 0.0864. The molecule has 4 aromatic rings. The summed E-state index contributed by atoms with van der Waals surface area (Å²) in [7, 11) is 1.72. The van der Waals surface area contributed by atoms with Crippen molar-refractivity contribution in [2.75, 3.05) is 51.4 Å². The van der Waals surface area contributed by atoms with E-state index in [4.69, 9.17) is 14.5 Å². The van der Waals surface area contributed by atoms with Crippen LogP contribution in [-0.4, -0.2) is 61.5 Å². The molecular weight excluding hydrogens is 474 g/mol. The average molecular weight is 510 g/mol. The van der Waals surface area contributed by atoms with Gasteiger partial charge in [0, 0.05) is 44.6 Å². The van der Waals surface area contributed by atoms with Gasteiger partial charge in [-0.05, 0) is 47.2 Å². The molecule has 1 aliphatic carbocycles. The molecule has 3 aromatic carbocycles. The number of aliphatic hydroxyl groups is 1. The number of nitrogens with zero attached hydrogens (tertiary/aromatic N) is 3. The molecule has 38 heavy (non-hydrogen) atoms. The van der Waals surface area contributed by atoms with E-state index in [0.29, 0.717) is 18.9 Å². The first kappa shape index (κ1) is 24.7. The van der Waals surface area contributed by atoms with Crippen LogP contribution < -0.4 is 14.4 Å². The molecule has 6 rings (SSSR count). The third-order valence-electron chi connectivity index (χ3n) is 7.89. The van der Waals surface area contributed by atoms with Crippen LogP contribution >= 0.6 is 0 Å². The summed E-state index contributed by atoms with van der Waals surface area (Å²) in [5.41, 5.74) is 7.53. The molecule has 1 N–H and O–H groups in total. The molecule has 196 valence electrons. The highest BCUT2D eigenvalue weighted by molar-refractivity contribution is 5.93. The third-order valence-corrected chi connectivity index (χ3v) is 7.89.